The fraction of sp³-hybridized carbons (Fsp3) is 0.133. The molecule has 0 aliphatic carbocycles. The highest BCUT2D eigenvalue weighted by Crippen LogP contribution is 2.37. The van der Waals surface area contributed by atoms with Crippen LogP contribution in [0.3, 0.4) is 0 Å². The van der Waals surface area contributed by atoms with Crippen LogP contribution in [0.25, 0.3) is 22.2 Å². The van der Waals surface area contributed by atoms with E-state index < -0.39 is 0 Å². The van der Waals surface area contributed by atoms with E-state index in [-0.39, 0.29) is 18.2 Å². The second-order valence-corrected chi connectivity index (χ2v) is 4.78. The van der Waals surface area contributed by atoms with Crippen LogP contribution in [0.15, 0.2) is 40.9 Å². The molecule has 22 heavy (non-hydrogen) atoms. The predicted molar refractivity (Wildman–Crippen MR) is 86.2 cm³/mol. The second-order valence-electron chi connectivity index (χ2n) is 4.40. The second kappa shape index (κ2) is 6.96. The van der Waals surface area contributed by atoms with Crippen molar-refractivity contribution in [3.05, 3.63) is 47.2 Å². The Bertz CT molecular complexity index is 792. The number of rotatable bonds is 4. The Labute approximate surface area is 137 Å². The predicted octanol–water partition coefficient (Wildman–Crippen LogP) is 4.05. The van der Waals surface area contributed by atoms with Crippen LogP contribution in [0.2, 0.25) is 5.02 Å². The summed E-state index contributed by atoms with van der Waals surface area (Å²) < 4.78 is 24.5. The molecule has 7 heteroatoms. The maximum absolute atomic E-state index is 13.9. The third-order valence-electron chi connectivity index (χ3n) is 3.05. The molecule has 0 spiro atoms. The number of benzene rings is 2. The van der Waals surface area contributed by atoms with Crippen molar-refractivity contribution in [2.45, 2.75) is 0 Å². The topological polar surface area (TPSA) is 61.3 Å². The molecule has 3 aromatic rings. The van der Waals surface area contributed by atoms with Gasteiger partial charge in [-0.3, -0.25) is 0 Å². The number of hydrogen-bond donors (Lipinski definition) is 1. The van der Waals surface area contributed by atoms with Crippen molar-refractivity contribution in [3.63, 3.8) is 0 Å². The highest BCUT2D eigenvalue weighted by molar-refractivity contribution is 6.36. The lowest BCUT2D eigenvalue weighted by Crippen LogP contribution is -2.10. The summed E-state index contributed by atoms with van der Waals surface area (Å²) in [6.07, 6.45) is 0. The maximum Gasteiger partial charge on any atom is 0.189 e. The first-order chi connectivity index (χ1) is 10.2. The summed E-state index contributed by atoms with van der Waals surface area (Å²) in [6, 6.07) is 9.80. The normalized spacial score (nSPS) is 10.5. The molecule has 2 aromatic carbocycles. The van der Waals surface area contributed by atoms with Crippen molar-refractivity contribution in [2.24, 2.45) is 5.73 Å². The molecule has 0 aliphatic heterocycles. The van der Waals surface area contributed by atoms with Gasteiger partial charge in [0.2, 0.25) is 0 Å². The Kier molecular flexibility index (Phi) is 5.24. The minimum absolute atomic E-state index is 0. The Hall–Kier alpha value is -1.82. The van der Waals surface area contributed by atoms with Crippen molar-refractivity contribution < 1.29 is 13.7 Å². The number of ether oxygens (including phenoxy) is 1. The summed E-state index contributed by atoms with van der Waals surface area (Å²) in [4.78, 5) is 0. The van der Waals surface area contributed by atoms with Gasteiger partial charge >= 0.3 is 0 Å². The summed E-state index contributed by atoms with van der Waals surface area (Å²) >= 11 is 6.22. The van der Waals surface area contributed by atoms with Gasteiger partial charge in [-0.25, -0.2) is 4.39 Å². The van der Waals surface area contributed by atoms with Crippen molar-refractivity contribution in [2.75, 3.05) is 13.2 Å². The Morgan fingerprint density at radius 1 is 1.23 bits per heavy atom. The van der Waals surface area contributed by atoms with E-state index in [0.29, 0.717) is 46.2 Å². The molecule has 1 aromatic heterocycles. The monoisotopic (exact) mass is 342 g/mol. The van der Waals surface area contributed by atoms with Crippen LogP contribution in [-0.4, -0.2) is 18.3 Å². The highest BCUT2D eigenvalue weighted by atomic mass is 35.5. The van der Waals surface area contributed by atoms with E-state index in [1.54, 1.807) is 30.3 Å². The van der Waals surface area contributed by atoms with Crippen LogP contribution in [0.5, 0.6) is 5.75 Å². The summed E-state index contributed by atoms with van der Waals surface area (Å²) in [6.45, 7) is 0.727. The zero-order valence-electron chi connectivity index (χ0n) is 11.4. The van der Waals surface area contributed by atoms with Crippen molar-refractivity contribution >= 4 is 35.0 Å². The van der Waals surface area contributed by atoms with Gasteiger partial charge in [0.15, 0.2) is 5.58 Å². The van der Waals surface area contributed by atoms with E-state index in [1.807, 2.05) is 0 Å². The van der Waals surface area contributed by atoms with Crippen LogP contribution >= 0.6 is 24.0 Å². The minimum Gasteiger partial charge on any atom is -0.491 e. The first-order valence-electron chi connectivity index (χ1n) is 6.38. The lowest BCUT2D eigenvalue weighted by Gasteiger charge is -2.06. The third-order valence-corrected chi connectivity index (χ3v) is 3.41. The summed E-state index contributed by atoms with van der Waals surface area (Å²) in [5.41, 5.74) is 6.53. The molecule has 2 N–H and O–H groups in total. The molecule has 0 saturated carbocycles. The summed E-state index contributed by atoms with van der Waals surface area (Å²) in [7, 11) is 0. The van der Waals surface area contributed by atoms with Crippen LogP contribution in [0, 0.1) is 5.82 Å². The molecule has 0 bridgehead atoms. The largest absolute Gasteiger partial charge is 0.491 e. The van der Waals surface area contributed by atoms with Crippen LogP contribution < -0.4 is 10.5 Å². The number of nitrogens with zero attached hydrogens (tertiary/aromatic N) is 1. The number of halogens is 3. The summed E-state index contributed by atoms with van der Waals surface area (Å²) in [5, 5.41) is 4.86. The maximum atomic E-state index is 13.9. The lowest BCUT2D eigenvalue weighted by molar-refractivity contribution is 0.328. The first-order valence-corrected chi connectivity index (χ1v) is 6.76. The Morgan fingerprint density at radius 2 is 2.00 bits per heavy atom. The van der Waals surface area contributed by atoms with Gasteiger partial charge in [0.1, 0.15) is 28.9 Å². The van der Waals surface area contributed by atoms with Crippen molar-refractivity contribution in [1.29, 1.82) is 0 Å². The van der Waals surface area contributed by atoms with Gasteiger partial charge in [-0.15, -0.1) is 12.4 Å². The van der Waals surface area contributed by atoms with Gasteiger partial charge < -0.3 is 15.0 Å². The van der Waals surface area contributed by atoms with Crippen LogP contribution in [0.4, 0.5) is 4.39 Å². The molecule has 0 unspecified atom stereocenters. The first kappa shape index (κ1) is 16.5. The molecule has 1 heterocycles. The van der Waals surface area contributed by atoms with E-state index in [2.05, 4.69) is 5.16 Å². The van der Waals surface area contributed by atoms with Gasteiger partial charge in [0.25, 0.3) is 0 Å². The molecule has 0 saturated heterocycles. The molecule has 0 radical (unpaired) electrons. The van der Waals surface area contributed by atoms with E-state index in [9.17, 15) is 4.39 Å². The van der Waals surface area contributed by atoms with Gasteiger partial charge in [0.05, 0.1) is 5.39 Å². The fourth-order valence-corrected chi connectivity index (χ4v) is 2.34. The molecule has 0 atom stereocenters. The van der Waals surface area contributed by atoms with Crippen LogP contribution in [0.1, 0.15) is 0 Å². The molecule has 0 fully saturated rings. The molecular weight excluding hydrogens is 330 g/mol. The molecule has 0 aliphatic rings. The van der Waals surface area contributed by atoms with Crippen molar-refractivity contribution in [3.8, 4) is 17.0 Å². The third kappa shape index (κ3) is 2.88. The number of nitrogens with two attached hydrogens (primary N) is 1. The quantitative estimate of drug-likeness (QED) is 0.776. The Morgan fingerprint density at radius 3 is 2.73 bits per heavy atom. The van der Waals surface area contributed by atoms with E-state index in [1.165, 1.54) is 6.07 Å². The molecule has 116 valence electrons. The van der Waals surface area contributed by atoms with E-state index >= 15 is 0 Å². The van der Waals surface area contributed by atoms with E-state index in [0.717, 1.165) is 0 Å². The Balaban J connectivity index is 0.00000176. The number of fused-ring (bicyclic) bond motifs is 1. The SMILES string of the molecule is Cl.NCCOc1ccc2c(-c3ccccc3F)noc2c1Cl. The zero-order valence-corrected chi connectivity index (χ0v) is 13.0. The summed E-state index contributed by atoms with van der Waals surface area (Å²) in [5.74, 6) is 0.0955. The van der Waals surface area contributed by atoms with Gasteiger partial charge in [0, 0.05) is 12.1 Å². The number of aromatic nitrogens is 1. The smallest absolute Gasteiger partial charge is 0.189 e. The molecular formula is C15H13Cl2FN2O2. The number of hydrogen-bond acceptors (Lipinski definition) is 4. The molecule has 3 rings (SSSR count). The average molecular weight is 343 g/mol. The zero-order chi connectivity index (χ0) is 14.8. The van der Waals surface area contributed by atoms with E-state index in [4.69, 9.17) is 26.6 Å². The van der Waals surface area contributed by atoms with Crippen LogP contribution in [-0.2, 0) is 0 Å². The minimum atomic E-state index is -0.368. The fourth-order valence-electron chi connectivity index (χ4n) is 2.08. The standard InChI is InChI=1S/C15H12ClFN2O2.ClH/c16-13-12(20-8-7-18)6-5-10-14(19-21-15(10)13)9-3-1-2-4-11(9)17;/h1-6H,7-8,18H2;1H. The lowest BCUT2D eigenvalue weighted by atomic mass is 10.1. The highest BCUT2D eigenvalue weighted by Gasteiger charge is 2.18. The average Bonchev–Trinajstić information content (AvgIpc) is 2.92. The van der Waals surface area contributed by atoms with Crippen molar-refractivity contribution in [1.82, 2.24) is 5.16 Å². The molecule has 0 amide bonds. The molecule has 4 nitrogen and oxygen atoms in total. The van der Waals surface area contributed by atoms with Gasteiger partial charge in [-0.05, 0) is 24.3 Å². The van der Waals surface area contributed by atoms with Gasteiger partial charge in [-0.1, -0.05) is 28.9 Å². The van der Waals surface area contributed by atoms with Gasteiger partial charge in [-0.2, -0.15) is 0 Å².